The summed E-state index contributed by atoms with van der Waals surface area (Å²) in [6, 6.07) is 8.34. The normalized spacial score (nSPS) is 12.6. The topological polar surface area (TPSA) is 76.7 Å². The summed E-state index contributed by atoms with van der Waals surface area (Å²) in [7, 11) is 0. The molecule has 25 heavy (non-hydrogen) atoms. The number of carbonyl (C=O) groups excluding carboxylic acids is 2. The monoisotopic (exact) mass is 352 g/mol. The second-order valence-corrected chi connectivity index (χ2v) is 5.05. The van der Waals surface area contributed by atoms with E-state index in [4.69, 9.17) is 9.47 Å². The highest BCUT2D eigenvalue weighted by atomic mass is 19.4. The van der Waals surface area contributed by atoms with Crippen LogP contribution in [0.1, 0.15) is 5.56 Å². The van der Waals surface area contributed by atoms with E-state index in [1.807, 2.05) is 0 Å². The molecule has 0 spiro atoms. The number of alkyl halides is 3. The molecule has 1 aliphatic heterocycles. The summed E-state index contributed by atoms with van der Waals surface area (Å²) in [5, 5.41) is 4.58. The van der Waals surface area contributed by atoms with Crippen LogP contribution in [0.3, 0.4) is 0 Å². The maximum Gasteiger partial charge on any atom is 0.416 e. The average Bonchev–Trinajstić information content (AvgIpc) is 3.02. The van der Waals surface area contributed by atoms with Gasteiger partial charge in [0.2, 0.25) is 6.79 Å². The van der Waals surface area contributed by atoms with E-state index < -0.39 is 23.6 Å². The molecule has 2 amide bonds. The minimum Gasteiger partial charge on any atom is -0.454 e. The first-order chi connectivity index (χ1) is 11.8. The van der Waals surface area contributed by atoms with Gasteiger partial charge in [0.25, 0.3) is 0 Å². The number of hydrogen-bond donors (Lipinski definition) is 2. The Kier molecular flexibility index (Phi) is 4.22. The standard InChI is InChI=1S/C16H11F3N2O4/c17-16(18,19)9-1-3-10(4-2-9)20-14(22)15(23)21-11-5-6-12-13(7-11)25-8-24-12/h1-7H,8H2,(H,20,22)(H,21,23). The van der Waals surface area contributed by atoms with Crippen molar-refractivity contribution < 1.29 is 32.2 Å². The zero-order valence-corrected chi connectivity index (χ0v) is 12.5. The van der Waals surface area contributed by atoms with Crippen LogP contribution in [0.4, 0.5) is 24.5 Å². The number of benzene rings is 2. The van der Waals surface area contributed by atoms with Crippen molar-refractivity contribution in [3.8, 4) is 11.5 Å². The largest absolute Gasteiger partial charge is 0.454 e. The first kappa shape index (κ1) is 16.6. The van der Waals surface area contributed by atoms with Gasteiger partial charge in [-0.15, -0.1) is 0 Å². The fraction of sp³-hybridized carbons (Fsp3) is 0.125. The number of ether oxygens (including phenoxy) is 2. The van der Waals surface area contributed by atoms with E-state index in [-0.39, 0.29) is 12.5 Å². The highest BCUT2D eigenvalue weighted by molar-refractivity contribution is 6.43. The Labute approximate surface area is 139 Å². The molecular formula is C16H11F3N2O4. The van der Waals surface area contributed by atoms with E-state index in [2.05, 4.69) is 10.6 Å². The molecule has 130 valence electrons. The van der Waals surface area contributed by atoms with Gasteiger partial charge in [0, 0.05) is 17.4 Å². The van der Waals surface area contributed by atoms with Gasteiger partial charge in [-0.1, -0.05) is 0 Å². The minimum atomic E-state index is -4.47. The summed E-state index contributed by atoms with van der Waals surface area (Å²) in [5.74, 6) is -1.04. The minimum absolute atomic E-state index is 0.0684. The summed E-state index contributed by atoms with van der Waals surface area (Å²) in [6.45, 7) is 0.0706. The van der Waals surface area contributed by atoms with Crippen LogP contribution < -0.4 is 20.1 Å². The van der Waals surface area contributed by atoms with Gasteiger partial charge in [-0.05, 0) is 36.4 Å². The van der Waals surface area contributed by atoms with E-state index in [0.717, 1.165) is 24.3 Å². The lowest BCUT2D eigenvalue weighted by atomic mass is 10.2. The molecule has 0 atom stereocenters. The summed E-state index contributed by atoms with van der Waals surface area (Å²) in [5.41, 5.74) is -0.467. The molecule has 0 saturated heterocycles. The van der Waals surface area contributed by atoms with Crippen LogP contribution >= 0.6 is 0 Å². The fourth-order valence-corrected chi connectivity index (χ4v) is 2.09. The predicted octanol–water partition coefficient (Wildman–Crippen LogP) is 3.01. The third-order valence-corrected chi connectivity index (χ3v) is 3.31. The lowest BCUT2D eigenvalue weighted by Gasteiger charge is -2.09. The molecule has 2 aromatic carbocycles. The molecule has 0 fully saturated rings. The second-order valence-electron chi connectivity index (χ2n) is 5.05. The van der Waals surface area contributed by atoms with Gasteiger partial charge in [-0.3, -0.25) is 9.59 Å². The van der Waals surface area contributed by atoms with Crippen molar-refractivity contribution in [2.45, 2.75) is 6.18 Å². The Morgan fingerprint density at radius 1 is 0.840 bits per heavy atom. The SMILES string of the molecule is O=C(Nc1ccc(C(F)(F)F)cc1)C(=O)Nc1ccc2c(c1)OCO2. The highest BCUT2D eigenvalue weighted by Crippen LogP contribution is 2.34. The van der Waals surface area contributed by atoms with Crippen LogP contribution in [0, 0.1) is 0 Å². The number of halogens is 3. The quantitative estimate of drug-likeness (QED) is 0.815. The lowest BCUT2D eigenvalue weighted by molar-refractivity contribution is -0.137. The second kappa shape index (κ2) is 6.34. The van der Waals surface area contributed by atoms with E-state index in [1.54, 1.807) is 6.07 Å². The van der Waals surface area contributed by atoms with Crippen LogP contribution in [-0.4, -0.2) is 18.6 Å². The molecule has 0 aromatic heterocycles. The smallest absolute Gasteiger partial charge is 0.416 e. The summed E-state index contributed by atoms with van der Waals surface area (Å²) >= 11 is 0. The van der Waals surface area contributed by atoms with Crippen LogP contribution in [0.5, 0.6) is 11.5 Å². The lowest BCUT2D eigenvalue weighted by Crippen LogP contribution is -2.29. The molecule has 0 aliphatic carbocycles. The van der Waals surface area contributed by atoms with Crippen LogP contribution in [0.25, 0.3) is 0 Å². The molecule has 0 bridgehead atoms. The Bertz CT molecular complexity index is 819. The molecule has 9 heteroatoms. The van der Waals surface area contributed by atoms with Gasteiger partial charge in [-0.25, -0.2) is 0 Å². The van der Waals surface area contributed by atoms with Crippen molar-refractivity contribution in [3.05, 3.63) is 48.0 Å². The molecule has 2 N–H and O–H groups in total. The van der Waals surface area contributed by atoms with Crippen LogP contribution in [0.15, 0.2) is 42.5 Å². The molecule has 2 aromatic rings. The van der Waals surface area contributed by atoms with Gasteiger partial charge in [0.15, 0.2) is 11.5 Å². The third-order valence-electron chi connectivity index (χ3n) is 3.31. The van der Waals surface area contributed by atoms with Gasteiger partial charge in [0.1, 0.15) is 0 Å². The molecule has 1 aliphatic rings. The van der Waals surface area contributed by atoms with Crippen molar-refractivity contribution >= 4 is 23.2 Å². The van der Waals surface area contributed by atoms with E-state index in [0.29, 0.717) is 17.2 Å². The maximum atomic E-state index is 12.5. The van der Waals surface area contributed by atoms with Gasteiger partial charge >= 0.3 is 18.0 Å². The van der Waals surface area contributed by atoms with Crippen LogP contribution in [0.2, 0.25) is 0 Å². The van der Waals surface area contributed by atoms with Crippen molar-refractivity contribution in [1.82, 2.24) is 0 Å². The van der Waals surface area contributed by atoms with Crippen molar-refractivity contribution in [1.29, 1.82) is 0 Å². The maximum absolute atomic E-state index is 12.5. The first-order valence-electron chi connectivity index (χ1n) is 7.02. The third kappa shape index (κ3) is 3.82. The summed E-state index contributed by atoms with van der Waals surface area (Å²) in [4.78, 5) is 23.7. The molecule has 6 nitrogen and oxygen atoms in total. The first-order valence-corrected chi connectivity index (χ1v) is 7.02. The Morgan fingerprint density at radius 2 is 1.40 bits per heavy atom. The van der Waals surface area contributed by atoms with E-state index in [9.17, 15) is 22.8 Å². The number of carbonyl (C=O) groups is 2. The summed E-state index contributed by atoms with van der Waals surface area (Å²) in [6.07, 6.45) is -4.47. The number of nitrogens with one attached hydrogen (secondary N) is 2. The van der Waals surface area contributed by atoms with Crippen LogP contribution in [-0.2, 0) is 15.8 Å². The molecule has 1 heterocycles. The zero-order valence-electron chi connectivity index (χ0n) is 12.5. The van der Waals surface area contributed by atoms with E-state index in [1.165, 1.54) is 12.1 Å². The fourth-order valence-electron chi connectivity index (χ4n) is 2.09. The molecule has 0 unspecified atom stereocenters. The Hall–Kier alpha value is -3.23. The van der Waals surface area contributed by atoms with Gasteiger partial charge in [-0.2, -0.15) is 13.2 Å². The van der Waals surface area contributed by atoms with Gasteiger partial charge < -0.3 is 20.1 Å². The predicted molar refractivity (Wildman–Crippen MR) is 81.3 cm³/mol. The van der Waals surface area contributed by atoms with Gasteiger partial charge in [0.05, 0.1) is 5.56 Å². The van der Waals surface area contributed by atoms with Crippen molar-refractivity contribution in [2.24, 2.45) is 0 Å². The zero-order chi connectivity index (χ0) is 18.0. The number of amides is 2. The molecule has 0 saturated carbocycles. The Morgan fingerprint density at radius 3 is 2.04 bits per heavy atom. The molecule has 0 radical (unpaired) electrons. The van der Waals surface area contributed by atoms with Crippen molar-refractivity contribution in [3.63, 3.8) is 0 Å². The summed E-state index contributed by atoms with van der Waals surface area (Å²) < 4.78 is 47.7. The number of anilines is 2. The number of fused-ring (bicyclic) bond motifs is 1. The average molecular weight is 352 g/mol. The molecule has 3 rings (SSSR count). The van der Waals surface area contributed by atoms with Crippen molar-refractivity contribution in [2.75, 3.05) is 17.4 Å². The number of hydrogen-bond acceptors (Lipinski definition) is 4. The van der Waals surface area contributed by atoms with E-state index >= 15 is 0 Å². The highest BCUT2D eigenvalue weighted by Gasteiger charge is 2.30. The molecular weight excluding hydrogens is 341 g/mol. The Balaban J connectivity index is 1.62. The number of rotatable bonds is 2.